The van der Waals surface area contributed by atoms with E-state index in [2.05, 4.69) is 15.6 Å². The standard InChI is InChI=1S/C25H25ClF3N3O4S/c1-37(34,35)36-19-9-2-15(3-10-19)12-24(33)31-18-7-5-17(6-8-18)30-22-14-23(25(27,28)29)32-21-11-4-16(26)13-20(21)22/h2-4,9-11,13-14,17-18H,5-8,12H2,1H3,(H,30,32)(H,31,33)/t17-,18+. The number of halogens is 4. The number of amides is 1. The molecule has 0 aliphatic heterocycles. The predicted octanol–water partition coefficient (Wildman–Crippen LogP) is 5.33. The van der Waals surface area contributed by atoms with Crippen LogP contribution in [0.3, 0.4) is 0 Å². The van der Waals surface area contributed by atoms with Gasteiger partial charge in [-0.3, -0.25) is 4.79 Å². The van der Waals surface area contributed by atoms with E-state index in [1.165, 1.54) is 24.3 Å². The van der Waals surface area contributed by atoms with E-state index >= 15 is 0 Å². The maximum Gasteiger partial charge on any atom is 0.433 e. The lowest BCUT2D eigenvalue weighted by molar-refractivity contribution is -0.140. The number of fused-ring (bicyclic) bond motifs is 1. The van der Waals surface area contributed by atoms with Gasteiger partial charge in [-0.15, -0.1) is 0 Å². The number of aromatic nitrogens is 1. The van der Waals surface area contributed by atoms with Crippen LogP contribution < -0.4 is 14.8 Å². The van der Waals surface area contributed by atoms with Crippen molar-refractivity contribution in [2.75, 3.05) is 11.6 Å². The molecular formula is C25H25ClF3N3O4S. The van der Waals surface area contributed by atoms with E-state index in [9.17, 15) is 26.4 Å². The van der Waals surface area contributed by atoms with Crippen LogP contribution in [0.1, 0.15) is 36.9 Å². The molecule has 1 aromatic heterocycles. The molecule has 3 aromatic rings. The van der Waals surface area contributed by atoms with E-state index in [4.69, 9.17) is 15.8 Å². The van der Waals surface area contributed by atoms with E-state index in [0.29, 0.717) is 47.3 Å². The Kier molecular flexibility index (Phi) is 7.84. The summed E-state index contributed by atoms with van der Waals surface area (Å²) in [6.45, 7) is 0. The molecule has 12 heteroatoms. The quantitative estimate of drug-likeness (QED) is 0.383. The molecule has 0 saturated heterocycles. The molecule has 0 spiro atoms. The van der Waals surface area contributed by atoms with Gasteiger partial charge in [0.15, 0.2) is 0 Å². The van der Waals surface area contributed by atoms with Crippen LogP contribution in [0.5, 0.6) is 5.75 Å². The van der Waals surface area contributed by atoms with Gasteiger partial charge in [0.2, 0.25) is 5.91 Å². The molecule has 0 bridgehead atoms. The van der Waals surface area contributed by atoms with Gasteiger partial charge in [0.1, 0.15) is 11.4 Å². The van der Waals surface area contributed by atoms with Crippen molar-refractivity contribution in [3.8, 4) is 5.75 Å². The molecule has 1 saturated carbocycles. The van der Waals surface area contributed by atoms with Crippen LogP contribution >= 0.6 is 11.6 Å². The van der Waals surface area contributed by atoms with Gasteiger partial charge in [-0.1, -0.05) is 23.7 Å². The van der Waals surface area contributed by atoms with Crippen LogP contribution in [0.25, 0.3) is 10.9 Å². The highest BCUT2D eigenvalue weighted by atomic mass is 35.5. The number of nitrogens with zero attached hydrogens (tertiary/aromatic N) is 1. The summed E-state index contributed by atoms with van der Waals surface area (Å²) in [7, 11) is -3.62. The van der Waals surface area contributed by atoms with Gasteiger partial charge in [-0.05, 0) is 67.6 Å². The van der Waals surface area contributed by atoms with E-state index in [1.807, 2.05) is 0 Å². The van der Waals surface area contributed by atoms with E-state index in [0.717, 1.165) is 12.3 Å². The van der Waals surface area contributed by atoms with Crippen molar-refractivity contribution in [3.05, 3.63) is 64.8 Å². The number of carbonyl (C=O) groups excluding carboxylic acids is 1. The van der Waals surface area contributed by atoms with Crippen molar-refractivity contribution in [1.29, 1.82) is 0 Å². The molecule has 198 valence electrons. The van der Waals surface area contributed by atoms with Gasteiger partial charge < -0.3 is 14.8 Å². The first kappa shape index (κ1) is 27.0. The van der Waals surface area contributed by atoms with Crippen LogP contribution in [0, 0.1) is 0 Å². The molecular weight excluding hydrogens is 531 g/mol. The second-order valence-corrected chi connectivity index (χ2v) is 11.1. The normalized spacial score (nSPS) is 18.4. The summed E-state index contributed by atoms with van der Waals surface area (Å²) >= 11 is 6.07. The summed E-state index contributed by atoms with van der Waals surface area (Å²) < 4.78 is 67.3. The smallest absolute Gasteiger partial charge is 0.383 e. The number of hydrogen-bond donors (Lipinski definition) is 2. The summed E-state index contributed by atoms with van der Waals surface area (Å²) in [4.78, 5) is 16.2. The minimum Gasteiger partial charge on any atom is -0.383 e. The van der Waals surface area contributed by atoms with Crippen molar-refractivity contribution in [2.45, 2.75) is 50.4 Å². The zero-order valence-corrected chi connectivity index (χ0v) is 21.4. The van der Waals surface area contributed by atoms with E-state index in [1.54, 1.807) is 18.2 Å². The molecule has 37 heavy (non-hydrogen) atoms. The average molecular weight is 556 g/mol. The molecule has 2 aromatic carbocycles. The number of carbonyl (C=O) groups is 1. The third-order valence-corrected chi connectivity index (χ3v) is 6.78. The van der Waals surface area contributed by atoms with Crippen molar-refractivity contribution < 1.29 is 30.6 Å². The first-order valence-electron chi connectivity index (χ1n) is 11.6. The molecule has 0 unspecified atom stereocenters. The fraction of sp³-hybridized carbons (Fsp3) is 0.360. The molecule has 0 radical (unpaired) electrons. The number of pyridine rings is 1. The Morgan fingerprint density at radius 3 is 2.32 bits per heavy atom. The summed E-state index contributed by atoms with van der Waals surface area (Å²) in [6, 6.07) is 11.7. The molecule has 1 aliphatic rings. The Morgan fingerprint density at radius 2 is 1.70 bits per heavy atom. The van der Waals surface area contributed by atoms with Crippen molar-refractivity contribution in [2.24, 2.45) is 0 Å². The number of anilines is 1. The van der Waals surface area contributed by atoms with Crippen LogP contribution in [-0.2, 0) is 27.5 Å². The van der Waals surface area contributed by atoms with Crippen LogP contribution in [-0.4, -0.2) is 37.6 Å². The highest BCUT2D eigenvalue weighted by Gasteiger charge is 2.34. The Bertz CT molecular complexity index is 1390. The van der Waals surface area contributed by atoms with Crippen LogP contribution in [0.4, 0.5) is 18.9 Å². The first-order valence-corrected chi connectivity index (χ1v) is 13.8. The van der Waals surface area contributed by atoms with E-state index < -0.39 is 22.0 Å². The van der Waals surface area contributed by atoms with Gasteiger partial charge >= 0.3 is 16.3 Å². The molecule has 1 aliphatic carbocycles. The molecule has 1 heterocycles. The Hall–Kier alpha value is -3.05. The van der Waals surface area contributed by atoms with Gasteiger partial charge in [0, 0.05) is 28.2 Å². The summed E-state index contributed by atoms with van der Waals surface area (Å²) in [6.07, 6.45) is -0.842. The maximum atomic E-state index is 13.4. The highest BCUT2D eigenvalue weighted by molar-refractivity contribution is 7.86. The van der Waals surface area contributed by atoms with Crippen molar-refractivity contribution >= 4 is 44.2 Å². The fourth-order valence-electron chi connectivity index (χ4n) is 4.37. The SMILES string of the molecule is CS(=O)(=O)Oc1ccc(CC(=O)N[C@H]2CC[C@@H](Nc3cc(C(F)(F)F)nc4ccc(Cl)cc34)CC2)cc1. The second kappa shape index (κ2) is 10.7. The summed E-state index contributed by atoms with van der Waals surface area (Å²) in [5, 5.41) is 7.15. The van der Waals surface area contributed by atoms with Crippen molar-refractivity contribution in [3.63, 3.8) is 0 Å². The van der Waals surface area contributed by atoms with Gasteiger partial charge in [-0.2, -0.15) is 21.6 Å². The van der Waals surface area contributed by atoms with Gasteiger partial charge in [0.05, 0.1) is 18.2 Å². The predicted molar refractivity (Wildman–Crippen MR) is 135 cm³/mol. The number of rotatable bonds is 7. The third kappa shape index (κ3) is 7.48. The number of benzene rings is 2. The lowest BCUT2D eigenvalue weighted by atomic mass is 9.90. The molecule has 2 N–H and O–H groups in total. The number of nitrogens with one attached hydrogen (secondary N) is 2. The zero-order valence-electron chi connectivity index (χ0n) is 19.8. The monoisotopic (exact) mass is 555 g/mol. The van der Waals surface area contributed by atoms with E-state index in [-0.39, 0.29) is 35.7 Å². The lowest BCUT2D eigenvalue weighted by Gasteiger charge is -2.31. The average Bonchev–Trinajstić information content (AvgIpc) is 2.80. The Labute approximate surface area is 217 Å². The van der Waals surface area contributed by atoms with Gasteiger partial charge in [-0.25, -0.2) is 4.98 Å². The lowest BCUT2D eigenvalue weighted by Crippen LogP contribution is -2.40. The van der Waals surface area contributed by atoms with Crippen LogP contribution in [0.2, 0.25) is 5.02 Å². The van der Waals surface area contributed by atoms with Crippen LogP contribution in [0.15, 0.2) is 48.5 Å². The minimum absolute atomic E-state index is 0.0484. The molecule has 7 nitrogen and oxygen atoms in total. The molecule has 1 fully saturated rings. The zero-order chi connectivity index (χ0) is 26.8. The minimum atomic E-state index is -4.58. The summed E-state index contributed by atoms with van der Waals surface area (Å²) in [5.74, 6) is 0.00172. The Morgan fingerprint density at radius 1 is 1.05 bits per heavy atom. The molecule has 4 rings (SSSR count). The Balaban J connectivity index is 1.34. The fourth-order valence-corrected chi connectivity index (χ4v) is 5.00. The second-order valence-electron chi connectivity index (χ2n) is 9.08. The maximum absolute atomic E-state index is 13.4. The molecule has 0 atom stereocenters. The van der Waals surface area contributed by atoms with Crippen molar-refractivity contribution in [1.82, 2.24) is 10.3 Å². The number of alkyl halides is 3. The van der Waals surface area contributed by atoms with Gasteiger partial charge in [0.25, 0.3) is 0 Å². The molecule has 1 amide bonds. The summed E-state index contributed by atoms with van der Waals surface area (Å²) in [5.41, 5.74) is 0.272. The number of hydrogen-bond acceptors (Lipinski definition) is 6. The largest absolute Gasteiger partial charge is 0.433 e. The first-order chi connectivity index (χ1) is 17.4. The highest BCUT2D eigenvalue weighted by Crippen LogP contribution is 2.35. The topological polar surface area (TPSA) is 97.4 Å². The third-order valence-electron chi connectivity index (χ3n) is 6.05.